The lowest BCUT2D eigenvalue weighted by atomic mass is 10.0. The van der Waals surface area contributed by atoms with E-state index in [2.05, 4.69) is 15.4 Å². The van der Waals surface area contributed by atoms with Crippen LogP contribution in [0.25, 0.3) is 5.65 Å². The van der Waals surface area contributed by atoms with Gasteiger partial charge in [0.2, 0.25) is 0 Å². The predicted molar refractivity (Wildman–Crippen MR) is 81.4 cm³/mol. The molecule has 3 rings (SSSR count). The Morgan fingerprint density at radius 1 is 1.39 bits per heavy atom. The summed E-state index contributed by atoms with van der Waals surface area (Å²) in [4.78, 5) is 39.1. The number of nitrogens with one attached hydrogen (secondary N) is 2. The summed E-state index contributed by atoms with van der Waals surface area (Å²) in [6.07, 6.45) is 6.88. The van der Waals surface area contributed by atoms with E-state index in [4.69, 9.17) is 5.11 Å². The Morgan fingerprint density at radius 2 is 2.13 bits per heavy atom. The van der Waals surface area contributed by atoms with Gasteiger partial charge < -0.3 is 10.4 Å². The fourth-order valence-corrected chi connectivity index (χ4v) is 3.18. The van der Waals surface area contributed by atoms with Crippen LogP contribution in [-0.4, -0.2) is 38.1 Å². The van der Waals surface area contributed by atoms with E-state index < -0.39 is 23.9 Å². The van der Waals surface area contributed by atoms with Gasteiger partial charge in [0.15, 0.2) is 11.1 Å². The quantitative estimate of drug-likeness (QED) is 0.745. The number of carbonyl (C=O) groups excluding carboxylic acids is 1. The van der Waals surface area contributed by atoms with Crippen molar-refractivity contribution >= 4 is 17.5 Å². The molecule has 0 radical (unpaired) electrons. The van der Waals surface area contributed by atoms with Crippen molar-refractivity contribution < 1.29 is 14.7 Å². The summed E-state index contributed by atoms with van der Waals surface area (Å²) in [6, 6.07) is 1.44. The zero-order valence-corrected chi connectivity index (χ0v) is 12.5. The zero-order valence-electron chi connectivity index (χ0n) is 12.5. The Hall–Kier alpha value is -2.64. The molecule has 1 saturated carbocycles. The largest absolute Gasteiger partial charge is 0.480 e. The lowest BCUT2D eigenvalue weighted by molar-refractivity contribution is -0.135. The van der Waals surface area contributed by atoms with Crippen LogP contribution in [0.2, 0.25) is 0 Å². The van der Waals surface area contributed by atoms with Gasteiger partial charge in [0, 0.05) is 11.8 Å². The Kier molecular flexibility index (Phi) is 4.14. The molecule has 3 N–H and O–H groups in total. The first-order valence-corrected chi connectivity index (χ1v) is 7.64. The van der Waals surface area contributed by atoms with Crippen molar-refractivity contribution in [3.05, 3.63) is 33.9 Å². The summed E-state index contributed by atoms with van der Waals surface area (Å²) in [6.45, 7) is -0.543. The fraction of sp³-hybridized carbons (Fsp3) is 0.467. The van der Waals surface area contributed by atoms with Gasteiger partial charge in [0.1, 0.15) is 18.4 Å². The first-order valence-electron chi connectivity index (χ1n) is 7.64. The van der Waals surface area contributed by atoms with Gasteiger partial charge in [-0.3, -0.25) is 19.5 Å². The van der Waals surface area contributed by atoms with Crippen LogP contribution in [0.1, 0.15) is 41.7 Å². The molecular formula is C15H18N4O4. The van der Waals surface area contributed by atoms with Crippen LogP contribution < -0.4 is 10.7 Å². The first-order chi connectivity index (χ1) is 11.1. The molecule has 8 nitrogen and oxygen atoms in total. The normalized spacial score (nSPS) is 15.1. The third-order valence-corrected chi connectivity index (χ3v) is 4.24. The lowest BCUT2D eigenvalue weighted by Gasteiger charge is -2.12. The average Bonchev–Trinajstić information content (AvgIpc) is 3.16. The molecule has 2 aromatic rings. The van der Waals surface area contributed by atoms with E-state index in [0.717, 1.165) is 25.0 Å². The first kappa shape index (κ1) is 15.3. The number of aromatic amines is 1. The van der Waals surface area contributed by atoms with Crippen molar-refractivity contribution in [2.45, 2.75) is 32.1 Å². The summed E-state index contributed by atoms with van der Waals surface area (Å²) < 4.78 is 1.63. The highest BCUT2D eigenvalue weighted by Gasteiger charge is 2.22. The molecule has 1 aliphatic carbocycles. The number of pyridine rings is 1. The summed E-state index contributed by atoms with van der Waals surface area (Å²) in [5, 5.41) is 13.8. The van der Waals surface area contributed by atoms with Crippen LogP contribution in [0, 0.1) is 5.92 Å². The van der Waals surface area contributed by atoms with E-state index in [-0.39, 0.29) is 11.2 Å². The Morgan fingerprint density at radius 3 is 2.83 bits per heavy atom. The van der Waals surface area contributed by atoms with Crippen molar-refractivity contribution in [1.82, 2.24) is 19.9 Å². The van der Waals surface area contributed by atoms with E-state index in [1.165, 1.54) is 25.2 Å². The minimum absolute atomic E-state index is 0.136. The van der Waals surface area contributed by atoms with Gasteiger partial charge in [-0.1, -0.05) is 25.7 Å². The molecule has 23 heavy (non-hydrogen) atoms. The van der Waals surface area contributed by atoms with Crippen molar-refractivity contribution in [2.75, 3.05) is 6.54 Å². The van der Waals surface area contributed by atoms with Crippen molar-refractivity contribution in [3.8, 4) is 0 Å². The number of nitrogens with zero attached hydrogens (tertiary/aromatic N) is 2. The van der Waals surface area contributed by atoms with Crippen LogP contribution in [0.15, 0.2) is 17.2 Å². The molecule has 0 aromatic carbocycles. The summed E-state index contributed by atoms with van der Waals surface area (Å²) in [5.74, 6) is -1.36. The second-order valence-corrected chi connectivity index (χ2v) is 5.85. The molecule has 0 unspecified atom stereocenters. The summed E-state index contributed by atoms with van der Waals surface area (Å²) >= 11 is 0. The number of rotatable bonds is 5. The summed E-state index contributed by atoms with van der Waals surface area (Å²) in [7, 11) is 0. The monoisotopic (exact) mass is 318 g/mol. The number of aliphatic carboxylic acids is 1. The maximum Gasteiger partial charge on any atom is 0.322 e. The Bertz CT molecular complexity index is 801. The average molecular weight is 318 g/mol. The van der Waals surface area contributed by atoms with Crippen LogP contribution in [-0.2, 0) is 11.2 Å². The van der Waals surface area contributed by atoms with Gasteiger partial charge in [-0.15, -0.1) is 0 Å². The number of amides is 1. The van der Waals surface area contributed by atoms with Crippen molar-refractivity contribution in [3.63, 3.8) is 0 Å². The van der Waals surface area contributed by atoms with E-state index in [1.807, 2.05) is 0 Å². The molecule has 0 bridgehead atoms. The zero-order chi connectivity index (χ0) is 16.4. The maximum atomic E-state index is 12.3. The highest BCUT2D eigenvalue weighted by Crippen LogP contribution is 2.27. The number of carbonyl (C=O) groups is 2. The van der Waals surface area contributed by atoms with Gasteiger partial charge in [0.25, 0.3) is 5.91 Å². The SMILES string of the molecule is O=C(O)CNC(=O)c1c(=O)cc(CC2CCCC2)n2[nH]cnc12. The molecular weight excluding hydrogens is 300 g/mol. The van der Waals surface area contributed by atoms with Gasteiger partial charge in [-0.05, 0) is 12.3 Å². The number of fused-ring (bicyclic) bond motifs is 1. The smallest absolute Gasteiger partial charge is 0.322 e. The maximum absolute atomic E-state index is 12.3. The van der Waals surface area contributed by atoms with E-state index in [1.54, 1.807) is 4.52 Å². The molecule has 0 spiro atoms. The topological polar surface area (TPSA) is 117 Å². The number of carboxylic acids is 1. The van der Waals surface area contributed by atoms with E-state index in [0.29, 0.717) is 5.92 Å². The molecule has 1 aliphatic rings. The van der Waals surface area contributed by atoms with E-state index >= 15 is 0 Å². The summed E-state index contributed by atoms with van der Waals surface area (Å²) in [5.41, 5.74) is 0.452. The second kappa shape index (κ2) is 6.23. The molecule has 122 valence electrons. The number of hydrogen-bond acceptors (Lipinski definition) is 4. The van der Waals surface area contributed by atoms with Gasteiger partial charge in [-0.25, -0.2) is 9.50 Å². The molecule has 2 heterocycles. The van der Waals surface area contributed by atoms with Crippen molar-refractivity contribution in [1.29, 1.82) is 0 Å². The van der Waals surface area contributed by atoms with Gasteiger partial charge in [-0.2, -0.15) is 0 Å². The molecule has 1 amide bonds. The molecule has 0 atom stereocenters. The number of aromatic nitrogens is 3. The molecule has 1 fully saturated rings. The number of H-pyrrole nitrogens is 1. The fourth-order valence-electron chi connectivity index (χ4n) is 3.18. The highest BCUT2D eigenvalue weighted by molar-refractivity contribution is 6.00. The second-order valence-electron chi connectivity index (χ2n) is 5.85. The highest BCUT2D eigenvalue weighted by atomic mass is 16.4. The van der Waals surface area contributed by atoms with Crippen LogP contribution in [0.4, 0.5) is 0 Å². The van der Waals surface area contributed by atoms with E-state index in [9.17, 15) is 14.4 Å². The molecule has 8 heteroatoms. The Balaban J connectivity index is 1.95. The van der Waals surface area contributed by atoms with Gasteiger partial charge >= 0.3 is 5.97 Å². The number of carboxylic acid groups (broad SMARTS) is 1. The standard InChI is InChI=1S/C15H18N4O4/c20-11-6-10(5-9-3-1-2-4-9)19-14(17-8-18-19)13(11)15(23)16-7-12(21)22/h6,8-9H,1-5,7H2,(H,16,23)(H,17,18)(H,21,22). The minimum Gasteiger partial charge on any atom is -0.480 e. The van der Waals surface area contributed by atoms with Crippen molar-refractivity contribution in [2.24, 2.45) is 5.92 Å². The molecule has 0 saturated heterocycles. The number of hydrogen-bond donors (Lipinski definition) is 3. The molecule has 2 aromatic heterocycles. The van der Waals surface area contributed by atoms with Crippen LogP contribution >= 0.6 is 0 Å². The van der Waals surface area contributed by atoms with Crippen LogP contribution in [0.3, 0.4) is 0 Å². The third-order valence-electron chi connectivity index (χ3n) is 4.24. The predicted octanol–water partition coefficient (Wildman–Crippen LogP) is 0.570. The lowest BCUT2D eigenvalue weighted by Crippen LogP contribution is -2.33. The molecule has 0 aliphatic heterocycles. The third kappa shape index (κ3) is 3.10. The van der Waals surface area contributed by atoms with Crippen LogP contribution in [0.5, 0.6) is 0 Å². The van der Waals surface area contributed by atoms with Gasteiger partial charge in [0.05, 0.1) is 0 Å². The minimum atomic E-state index is -1.17. The Labute approximate surface area is 131 Å².